The van der Waals surface area contributed by atoms with Crippen LogP contribution in [0.4, 0.5) is 0 Å². The molecule has 17 heavy (non-hydrogen) atoms. The Balaban J connectivity index is 2.26. The summed E-state index contributed by atoms with van der Waals surface area (Å²) in [6.07, 6.45) is 4.49. The maximum atomic E-state index is 11.6. The number of hydrogen-bond acceptors (Lipinski definition) is 2. The zero-order valence-electron chi connectivity index (χ0n) is 9.82. The van der Waals surface area contributed by atoms with Gasteiger partial charge in [-0.3, -0.25) is 4.79 Å². The lowest BCUT2D eigenvalue weighted by Crippen LogP contribution is -2.36. The van der Waals surface area contributed by atoms with E-state index in [0.717, 1.165) is 35.7 Å². The largest absolute Gasteiger partial charge is 0.454 e. The molecule has 92 valence electrons. The number of esters is 1. The first-order valence-corrected chi connectivity index (χ1v) is 7.63. The molecule has 0 bridgehead atoms. The van der Waals surface area contributed by atoms with Crippen molar-refractivity contribution < 1.29 is 9.53 Å². The second kappa shape index (κ2) is 5.85. The van der Waals surface area contributed by atoms with E-state index in [4.69, 9.17) is 4.74 Å². The standard InChI is InChI=1S/C14H17IO2/c15-11-5-10-14(9-4-8-13(16)17-14)12-6-2-1-3-7-12/h1-3,6-7H,4-5,8-11H2. The Labute approximate surface area is 116 Å². The van der Waals surface area contributed by atoms with E-state index in [0.29, 0.717) is 6.42 Å². The maximum absolute atomic E-state index is 11.6. The molecule has 2 nitrogen and oxygen atoms in total. The third-order valence-corrected chi connectivity index (χ3v) is 4.05. The molecule has 1 atom stereocenters. The predicted octanol–water partition coefficient (Wildman–Crippen LogP) is 3.82. The van der Waals surface area contributed by atoms with Gasteiger partial charge in [0.05, 0.1) is 0 Å². The molecule has 1 aliphatic heterocycles. The van der Waals surface area contributed by atoms with E-state index in [-0.39, 0.29) is 11.6 Å². The summed E-state index contributed by atoms with van der Waals surface area (Å²) in [5.74, 6) is -0.0476. The normalized spacial score (nSPS) is 24.4. The van der Waals surface area contributed by atoms with Gasteiger partial charge in [-0.05, 0) is 35.7 Å². The summed E-state index contributed by atoms with van der Waals surface area (Å²) in [7, 11) is 0. The fourth-order valence-corrected chi connectivity index (χ4v) is 2.84. The SMILES string of the molecule is O=C1CCCC(CCCI)(c2ccccc2)O1. The molecule has 1 heterocycles. The molecule has 0 aliphatic carbocycles. The number of carbonyl (C=O) groups excluding carboxylic acids is 1. The van der Waals surface area contributed by atoms with Gasteiger partial charge >= 0.3 is 5.97 Å². The molecule has 1 fully saturated rings. The molecule has 0 spiro atoms. The number of hydrogen-bond donors (Lipinski definition) is 0. The average molecular weight is 344 g/mol. The Hall–Kier alpha value is -0.580. The summed E-state index contributed by atoms with van der Waals surface area (Å²) >= 11 is 2.37. The number of benzene rings is 1. The first kappa shape index (κ1) is 12.9. The minimum Gasteiger partial charge on any atom is -0.454 e. The van der Waals surface area contributed by atoms with Crippen molar-refractivity contribution in [3.8, 4) is 0 Å². The topological polar surface area (TPSA) is 26.3 Å². The third-order valence-electron chi connectivity index (χ3n) is 3.28. The summed E-state index contributed by atoms with van der Waals surface area (Å²) < 4.78 is 6.82. The van der Waals surface area contributed by atoms with E-state index >= 15 is 0 Å². The van der Waals surface area contributed by atoms with Gasteiger partial charge in [0.15, 0.2) is 0 Å². The molecule has 1 unspecified atom stereocenters. The number of alkyl halides is 1. The van der Waals surface area contributed by atoms with Crippen molar-refractivity contribution in [1.82, 2.24) is 0 Å². The van der Waals surface area contributed by atoms with Crippen LogP contribution in [0.1, 0.15) is 37.7 Å². The Bertz CT molecular complexity index is 377. The smallest absolute Gasteiger partial charge is 0.306 e. The number of ether oxygens (including phenoxy) is 1. The Morgan fingerprint density at radius 2 is 2.06 bits per heavy atom. The molecular formula is C14H17IO2. The van der Waals surface area contributed by atoms with E-state index in [1.54, 1.807) is 0 Å². The zero-order valence-corrected chi connectivity index (χ0v) is 12.0. The molecule has 1 aromatic rings. The summed E-state index contributed by atoms with van der Waals surface area (Å²) in [6, 6.07) is 10.2. The highest BCUT2D eigenvalue weighted by atomic mass is 127. The molecule has 1 aliphatic rings. The van der Waals surface area contributed by atoms with Crippen LogP contribution in [0.5, 0.6) is 0 Å². The highest BCUT2D eigenvalue weighted by molar-refractivity contribution is 14.1. The molecule has 0 saturated carbocycles. The fraction of sp³-hybridized carbons (Fsp3) is 0.500. The van der Waals surface area contributed by atoms with Crippen molar-refractivity contribution in [3.63, 3.8) is 0 Å². The van der Waals surface area contributed by atoms with Crippen molar-refractivity contribution in [2.45, 2.75) is 37.7 Å². The Kier molecular flexibility index (Phi) is 4.42. The van der Waals surface area contributed by atoms with Gasteiger partial charge in [0.25, 0.3) is 0 Å². The van der Waals surface area contributed by atoms with E-state index in [9.17, 15) is 4.79 Å². The summed E-state index contributed by atoms with van der Waals surface area (Å²) in [5, 5.41) is 0. The number of carbonyl (C=O) groups is 1. The van der Waals surface area contributed by atoms with Gasteiger partial charge in [-0.1, -0.05) is 52.9 Å². The van der Waals surface area contributed by atoms with Gasteiger partial charge in [0.2, 0.25) is 0 Å². The van der Waals surface area contributed by atoms with E-state index in [2.05, 4.69) is 34.7 Å². The van der Waals surface area contributed by atoms with Crippen molar-refractivity contribution in [1.29, 1.82) is 0 Å². The Morgan fingerprint density at radius 3 is 2.71 bits per heavy atom. The molecule has 1 saturated heterocycles. The quantitative estimate of drug-likeness (QED) is 0.472. The third kappa shape index (κ3) is 3.00. The first-order chi connectivity index (χ1) is 8.27. The van der Waals surface area contributed by atoms with E-state index < -0.39 is 0 Å². The molecule has 3 heteroatoms. The molecule has 0 N–H and O–H groups in total. The zero-order chi connectivity index (χ0) is 12.1. The molecule has 2 rings (SSSR count). The predicted molar refractivity (Wildman–Crippen MR) is 76.2 cm³/mol. The molecule has 0 radical (unpaired) electrons. The van der Waals surface area contributed by atoms with Gasteiger partial charge in [-0.25, -0.2) is 0 Å². The van der Waals surface area contributed by atoms with Crippen molar-refractivity contribution in [3.05, 3.63) is 35.9 Å². The molecular weight excluding hydrogens is 327 g/mol. The maximum Gasteiger partial charge on any atom is 0.306 e. The van der Waals surface area contributed by atoms with Gasteiger partial charge in [0, 0.05) is 6.42 Å². The van der Waals surface area contributed by atoms with Gasteiger partial charge in [-0.15, -0.1) is 0 Å². The monoisotopic (exact) mass is 344 g/mol. The van der Waals surface area contributed by atoms with Crippen LogP contribution in [-0.2, 0) is 15.1 Å². The van der Waals surface area contributed by atoms with Crippen LogP contribution in [0.25, 0.3) is 0 Å². The molecule has 1 aromatic carbocycles. The highest BCUT2D eigenvalue weighted by Crippen LogP contribution is 2.39. The highest BCUT2D eigenvalue weighted by Gasteiger charge is 2.38. The van der Waals surface area contributed by atoms with Crippen molar-refractivity contribution in [2.75, 3.05) is 4.43 Å². The van der Waals surface area contributed by atoms with Crippen molar-refractivity contribution >= 4 is 28.6 Å². The van der Waals surface area contributed by atoms with Crippen LogP contribution in [-0.4, -0.2) is 10.4 Å². The second-order valence-corrected chi connectivity index (χ2v) is 5.56. The van der Waals surface area contributed by atoms with Crippen LogP contribution >= 0.6 is 22.6 Å². The first-order valence-electron chi connectivity index (χ1n) is 6.10. The second-order valence-electron chi connectivity index (χ2n) is 4.48. The molecule has 0 amide bonds. The van der Waals surface area contributed by atoms with Gasteiger partial charge < -0.3 is 4.74 Å². The number of halogens is 1. The van der Waals surface area contributed by atoms with Gasteiger partial charge in [0.1, 0.15) is 5.60 Å². The summed E-state index contributed by atoms with van der Waals surface area (Å²) in [5.41, 5.74) is 0.791. The van der Waals surface area contributed by atoms with Crippen molar-refractivity contribution in [2.24, 2.45) is 0 Å². The minimum atomic E-state index is -0.359. The fourth-order valence-electron chi connectivity index (χ4n) is 2.46. The van der Waals surface area contributed by atoms with Crippen LogP contribution < -0.4 is 0 Å². The molecule has 0 aromatic heterocycles. The van der Waals surface area contributed by atoms with E-state index in [1.807, 2.05) is 18.2 Å². The average Bonchev–Trinajstić information content (AvgIpc) is 2.37. The van der Waals surface area contributed by atoms with Crippen LogP contribution in [0.2, 0.25) is 0 Å². The van der Waals surface area contributed by atoms with Crippen LogP contribution in [0.3, 0.4) is 0 Å². The lowest BCUT2D eigenvalue weighted by atomic mass is 9.83. The van der Waals surface area contributed by atoms with Gasteiger partial charge in [-0.2, -0.15) is 0 Å². The summed E-state index contributed by atoms with van der Waals surface area (Å²) in [6.45, 7) is 0. The van der Waals surface area contributed by atoms with Crippen LogP contribution in [0.15, 0.2) is 30.3 Å². The van der Waals surface area contributed by atoms with Crippen LogP contribution in [0, 0.1) is 0 Å². The summed E-state index contributed by atoms with van der Waals surface area (Å²) in [4.78, 5) is 11.6. The number of cyclic esters (lactones) is 1. The number of rotatable bonds is 4. The lowest BCUT2D eigenvalue weighted by Gasteiger charge is -2.37. The Morgan fingerprint density at radius 1 is 1.29 bits per heavy atom. The van der Waals surface area contributed by atoms with E-state index in [1.165, 1.54) is 0 Å². The minimum absolute atomic E-state index is 0.0476. The lowest BCUT2D eigenvalue weighted by molar-refractivity contribution is -0.170.